The van der Waals surface area contributed by atoms with Gasteiger partial charge in [-0.05, 0) is 55.2 Å². The molecule has 1 unspecified atom stereocenters. The van der Waals surface area contributed by atoms with Gasteiger partial charge in [-0.2, -0.15) is 0 Å². The number of anilines is 1. The van der Waals surface area contributed by atoms with E-state index in [2.05, 4.69) is 5.32 Å². The van der Waals surface area contributed by atoms with Crippen molar-refractivity contribution in [1.29, 1.82) is 0 Å². The van der Waals surface area contributed by atoms with Gasteiger partial charge in [-0.15, -0.1) is 0 Å². The predicted octanol–water partition coefficient (Wildman–Crippen LogP) is 4.73. The highest BCUT2D eigenvalue weighted by Gasteiger charge is 2.42. The first-order valence-corrected chi connectivity index (χ1v) is 9.67. The molecule has 0 aromatic heterocycles. The molecule has 0 saturated heterocycles. The molecule has 0 radical (unpaired) electrons. The third-order valence-electron chi connectivity index (χ3n) is 5.89. The average molecular weight is 391 g/mol. The molecule has 2 aliphatic rings. The van der Waals surface area contributed by atoms with E-state index in [0.717, 1.165) is 30.9 Å². The van der Waals surface area contributed by atoms with E-state index in [-0.39, 0.29) is 35.3 Å². The van der Waals surface area contributed by atoms with Gasteiger partial charge < -0.3 is 15.2 Å². The first-order valence-electron chi connectivity index (χ1n) is 9.67. The van der Waals surface area contributed by atoms with Crippen molar-refractivity contribution < 1.29 is 23.0 Å². The molecular formula is C22H24F3NO2. The zero-order chi connectivity index (χ0) is 19.9. The van der Waals surface area contributed by atoms with E-state index in [4.69, 9.17) is 4.74 Å². The molecule has 6 heteroatoms. The molecule has 1 atom stereocenters. The van der Waals surface area contributed by atoms with Crippen LogP contribution in [-0.2, 0) is 6.42 Å². The summed E-state index contributed by atoms with van der Waals surface area (Å²) in [6, 6.07) is 5.72. The Morgan fingerprint density at radius 3 is 2.64 bits per heavy atom. The van der Waals surface area contributed by atoms with Crippen molar-refractivity contribution in [1.82, 2.24) is 0 Å². The number of fused-ring (bicyclic) bond motifs is 1. The third-order valence-corrected chi connectivity index (χ3v) is 5.89. The summed E-state index contributed by atoms with van der Waals surface area (Å²) in [6.45, 7) is 2.37. The van der Waals surface area contributed by atoms with Crippen LogP contribution in [0.5, 0.6) is 5.75 Å². The van der Waals surface area contributed by atoms with Crippen molar-refractivity contribution in [3.63, 3.8) is 0 Å². The highest BCUT2D eigenvalue weighted by atomic mass is 19.2. The summed E-state index contributed by atoms with van der Waals surface area (Å²) in [7, 11) is 0. The molecule has 1 aliphatic heterocycles. The van der Waals surface area contributed by atoms with Crippen LogP contribution >= 0.6 is 0 Å². The van der Waals surface area contributed by atoms with Crippen LogP contribution in [-0.4, -0.2) is 24.4 Å². The second-order valence-electron chi connectivity index (χ2n) is 8.15. The van der Waals surface area contributed by atoms with Crippen LogP contribution in [0.15, 0.2) is 24.3 Å². The SMILES string of the molecule is Cc1ccc(Cc2c(F)c(F)cc3c2NCC2(CCC(O)CO3)CC2)c(F)c1. The maximum absolute atomic E-state index is 14.7. The zero-order valence-electron chi connectivity index (χ0n) is 15.8. The van der Waals surface area contributed by atoms with Crippen LogP contribution < -0.4 is 10.1 Å². The first-order chi connectivity index (χ1) is 13.4. The molecule has 1 spiro atoms. The van der Waals surface area contributed by atoms with Gasteiger partial charge in [-0.25, -0.2) is 13.2 Å². The number of hydrogen-bond acceptors (Lipinski definition) is 3. The van der Waals surface area contributed by atoms with Crippen LogP contribution in [0.1, 0.15) is 42.4 Å². The largest absolute Gasteiger partial charge is 0.489 e. The maximum Gasteiger partial charge on any atom is 0.164 e. The molecule has 0 amide bonds. The average Bonchev–Trinajstić information content (AvgIpc) is 3.43. The zero-order valence-corrected chi connectivity index (χ0v) is 15.8. The molecular weight excluding hydrogens is 367 g/mol. The summed E-state index contributed by atoms with van der Waals surface area (Å²) in [4.78, 5) is 0. The van der Waals surface area contributed by atoms with Gasteiger partial charge in [0.1, 0.15) is 18.2 Å². The minimum Gasteiger partial charge on any atom is -0.489 e. The van der Waals surface area contributed by atoms with Gasteiger partial charge in [0, 0.05) is 24.6 Å². The molecule has 1 saturated carbocycles. The van der Waals surface area contributed by atoms with Crippen LogP contribution in [0.3, 0.4) is 0 Å². The highest BCUT2D eigenvalue weighted by Crippen LogP contribution is 2.50. The Morgan fingerprint density at radius 2 is 1.93 bits per heavy atom. The molecule has 28 heavy (non-hydrogen) atoms. The molecule has 3 nitrogen and oxygen atoms in total. The second kappa shape index (κ2) is 7.32. The van der Waals surface area contributed by atoms with E-state index >= 15 is 0 Å². The summed E-state index contributed by atoms with van der Waals surface area (Å²) in [5, 5.41) is 13.4. The van der Waals surface area contributed by atoms with Crippen molar-refractivity contribution >= 4 is 5.69 Å². The Kier molecular flexibility index (Phi) is 5.00. The molecule has 4 rings (SSSR count). The number of aryl methyl sites for hydroxylation is 1. The van der Waals surface area contributed by atoms with Gasteiger partial charge in [-0.1, -0.05) is 12.1 Å². The normalized spacial score (nSPS) is 20.8. The summed E-state index contributed by atoms with van der Waals surface area (Å²) in [5.74, 6) is -2.35. The lowest BCUT2D eigenvalue weighted by atomic mass is 9.96. The van der Waals surface area contributed by atoms with E-state index in [1.54, 1.807) is 19.1 Å². The van der Waals surface area contributed by atoms with Gasteiger partial charge in [0.05, 0.1) is 11.8 Å². The number of aliphatic hydroxyl groups excluding tert-OH is 1. The van der Waals surface area contributed by atoms with Gasteiger partial charge in [0.15, 0.2) is 11.6 Å². The number of ether oxygens (including phenoxy) is 1. The molecule has 2 aromatic rings. The fourth-order valence-electron chi connectivity index (χ4n) is 3.82. The molecule has 150 valence electrons. The lowest BCUT2D eigenvalue weighted by Crippen LogP contribution is -2.25. The van der Waals surface area contributed by atoms with Crippen LogP contribution in [0.25, 0.3) is 0 Å². The van der Waals surface area contributed by atoms with Crippen LogP contribution in [0, 0.1) is 29.8 Å². The maximum atomic E-state index is 14.7. The monoisotopic (exact) mass is 391 g/mol. The topological polar surface area (TPSA) is 41.5 Å². The number of halogens is 3. The van der Waals surface area contributed by atoms with E-state index in [1.807, 2.05) is 0 Å². The van der Waals surface area contributed by atoms with Crippen molar-refractivity contribution in [2.24, 2.45) is 5.41 Å². The van der Waals surface area contributed by atoms with E-state index in [9.17, 15) is 18.3 Å². The Bertz CT molecular complexity index is 896. The first kappa shape index (κ1) is 19.1. The molecule has 2 N–H and O–H groups in total. The second-order valence-corrected chi connectivity index (χ2v) is 8.15. The lowest BCUT2D eigenvalue weighted by molar-refractivity contribution is 0.0919. The summed E-state index contributed by atoms with van der Waals surface area (Å²) in [5.41, 5.74) is 1.52. The molecule has 1 heterocycles. The number of rotatable bonds is 2. The van der Waals surface area contributed by atoms with E-state index in [0.29, 0.717) is 18.7 Å². The highest BCUT2D eigenvalue weighted by molar-refractivity contribution is 5.64. The quantitative estimate of drug-likeness (QED) is 0.778. The molecule has 1 fully saturated rings. The summed E-state index contributed by atoms with van der Waals surface area (Å²) in [6.07, 6.45) is 2.79. The standard InChI is InChI=1S/C22H24F3NO2/c1-13-2-3-14(17(23)8-13)9-16-20(25)18(24)10-19-21(16)26-12-22(6-7-22)5-4-15(27)11-28-19/h2-3,8,10,15,26-27H,4-7,9,11-12H2,1H3. The van der Waals surface area contributed by atoms with Crippen molar-refractivity contribution in [2.75, 3.05) is 18.5 Å². The smallest absolute Gasteiger partial charge is 0.164 e. The van der Waals surface area contributed by atoms with Gasteiger partial charge >= 0.3 is 0 Å². The van der Waals surface area contributed by atoms with Crippen molar-refractivity contribution in [2.45, 2.75) is 45.1 Å². The number of benzene rings is 2. The minimum absolute atomic E-state index is 0.00810. The molecule has 0 bridgehead atoms. The Labute approximate surface area is 162 Å². The predicted molar refractivity (Wildman–Crippen MR) is 101 cm³/mol. The third kappa shape index (κ3) is 3.83. The fraction of sp³-hybridized carbons (Fsp3) is 0.455. The van der Waals surface area contributed by atoms with Gasteiger partial charge in [0.25, 0.3) is 0 Å². The molecule has 2 aromatic carbocycles. The van der Waals surface area contributed by atoms with E-state index < -0.39 is 23.6 Å². The number of nitrogens with one attached hydrogen (secondary N) is 1. The van der Waals surface area contributed by atoms with Crippen LogP contribution in [0.2, 0.25) is 0 Å². The van der Waals surface area contributed by atoms with Crippen molar-refractivity contribution in [3.05, 3.63) is 58.4 Å². The lowest BCUT2D eigenvalue weighted by Gasteiger charge is -2.25. The van der Waals surface area contributed by atoms with Crippen LogP contribution in [0.4, 0.5) is 18.9 Å². The number of hydrogen-bond donors (Lipinski definition) is 2. The van der Waals surface area contributed by atoms with Crippen molar-refractivity contribution in [3.8, 4) is 5.75 Å². The van der Waals surface area contributed by atoms with Gasteiger partial charge in [-0.3, -0.25) is 0 Å². The van der Waals surface area contributed by atoms with Gasteiger partial charge in [0.2, 0.25) is 0 Å². The molecule has 1 aliphatic carbocycles. The summed E-state index contributed by atoms with van der Waals surface area (Å²) >= 11 is 0. The minimum atomic E-state index is -1.05. The number of aliphatic hydroxyl groups is 1. The Balaban J connectivity index is 1.75. The fourth-order valence-corrected chi connectivity index (χ4v) is 3.82. The Hall–Kier alpha value is -2.21. The summed E-state index contributed by atoms with van der Waals surface area (Å²) < 4.78 is 49.0. The Morgan fingerprint density at radius 1 is 1.14 bits per heavy atom. The van der Waals surface area contributed by atoms with E-state index in [1.165, 1.54) is 6.07 Å².